The van der Waals surface area contributed by atoms with Gasteiger partial charge in [0.25, 0.3) is 0 Å². The molecule has 15 heavy (non-hydrogen) atoms. The fourth-order valence-corrected chi connectivity index (χ4v) is 2.15. The van der Waals surface area contributed by atoms with E-state index in [9.17, 15) is 0 Å². The van der Waals surface area contributed by atoms with Crippen LogP contribution in [0.3, 0.4) is 0 Å². The van der Waals surface area contributed by atoms with Gasteiger partial charge in [0, 0.05) is 6.54 Å². The Balaban J connectivity index is 1.74. The molecule has 1 aliphatic heterocycles. The second-order valence-electron chi connectivity index (χ2n) is 4.34. The summed E-state index contributed by atoms with van der Waals surface area (Å²) in [6.45, 7) is 4.33. The second-order valence-corrected chi connectivity index (χ2v) is 4.34. The van der Waals surface area contributed by atoms with Gasteiger partial charge in [-0.25, -0.2) is 4.98 Å². The van der Waals surface area contributed by atoms with Crippen molar-refractivity contribution < 1.29 is 0 Å². The highest BCUT2D eigenvalue weighted by atomic mass is 15.2. The van der Waals surface area contributed by atoms with E-state index in [1.165, 1.54) is 19.4 Å². The summed E-state index contributed by atoms with van der Waals surface area (Å²) in [6.07, 6.45) is 4.21. The van der Waals surface area contributed by atoms with Crippen LogP contribution in [0.2, 0.25) is 0 Å². The maximum absolute atomic E-state index is 4.13. The Kier molecular flexibility index (Phi) is 3.69. The molecule has 1 aromatic rings. The lowest BCUT2D eigenvalue weighted by Crippen LogP contribution is -2.36. The lowest BCUT2D eigenvalue weighted by atomic mass is 9.99. The Morgan fingerprint density at radius 2 is 2.53 bits per heavy atom. The van der Waals surface area contributed by atoms with Crippen LogP contribution in [0.4, 0.5) is 0 Å². The molecule has 5 nitrogen and oxygen atoms in total. The van der Waals surface area contributed by atoms with Crippen molar-refractivity contribution in [3.63, 3.8) is 0 Å². The first-order chi connectivity index (χ1) is 7.34. The first-order valence-electron chi connectivity index (χ1n) is 5.58. The molecule has 0 spiro atoms. The molecule has 0 aliphatic carbocycles. The molecule has 5 heteroatoms. The van der Waals surface area contributed by atoms with Crippen LogP contribution in [0.15, 0.2) is 6.33 Å². The van der Waals surface area contributed by atoms with E-state index in [0.29, 0.717) is 0 Å². The Morgan fingerprint density at radius 1 is 1.60 bits per heavy atom. The second kappa shape index (κ2) is 5.23. The average Bonchev–Trinajstić information content (AvgIpc) is 2.71. The van der Waals surface area contributed by atoms with Gasteiger partial charge in [-0.3, -0.25) is 10.00 Å². The zero-order valence-corrected chi connectivity index (χ0v) is 9.24. The van der Waals surface area contributed by atoms with Gasteiger partial charge in [0.05, 0.1) is 6.54 Å². The highest BCUT2D eigenvalue weighted by molar-refractivity contribution is 4.80. The standard InChI is InChI=1S/C10H19N5/c1-15(7-10-12-8-13-14-10)6-9-3-2-4-11-5-9/h8-9,11H,2-7H2,1H3,(H,12,13,14). The predicted octanol–water partition coefficient (Wildman–Crippen LogP) is 0.236. The van der Waals surface area contributed by atoms with Crippen LogP contribution in [0.1, 0.15) is 18.7 Å². The first kappa shape index (κ1) is 10.6. The van der Waals surface area contributed by atoms with Crippen molar-refractivity contribution in [2.24, 2.45) is 5.92 Å². The van der Waals surface area contributed by atoms with Gasteiger partial charge in [-0.2, -0.15) is 5.10 Å². The van der Waals surface area contributed by atoms with Crippen molar-refractivity contribution in [3.05, 3.63) is 12.2 Å². The van der Waals surface area contributed by atoms with E-state index >= 15 is 0 Å². The number of hydrogen-bond donors (Lipinski definition) is 2. The van der Waals surface area contributed by atoms with Gasteiger partial charge in [-0.15, -0.1) is 0 Å². The lowest BCUT2D eigenvalue weighted by molar-refractivity contribution is 0.234. The first-order valence-corrected chi connectivity index (χ1v) is 5.58. The SMILES string of the molecule is CN(Cc1ncn[nH]1)CC1CCCNC1. The van der Waals surface area contributed by atoms with Crippen molar-refractivity contribution in [1.82, 2.24) is 25.4 Å². The number of rotatable bonds is 4. The fourth-order valence-electron chi connectivity index (χ4n) is 2.15. The molecular weight excluding hydrogens is 190 g/mol. The van der Waals surface area contributed by atoms with Crippen LogP contribution in [-0.2, 0) is 6.54 Å². The summed E-state index contributed by atoms with van der Waals surface area (Å²) >= 11 is 0. The Labute approximate surface area is 90.3 Å². The number of aromatic amines is 1. The molecule has 1 aliphatic rings. The van der Waals surface area contributed by atoms with Crippen molar-refractivity contribution in [1.29, 1.82) is 0 Å². The number of piperidine rings is 1. The number of nitrogens with zero attached hydrogens (tertiary/aromatic N) is 3. The van der Waals surface area contributed by atoms with Gasteiger partial charge in [-0.1, -0.05) is 0 Å². The third-order valence-corrected chi connectivity index (χ3v) is 2.85. The van der Waals surface area contributed by atoms with Crippen molar-refractivity contribution in [2.75, 3.05) is 26.7 Å². The molecule has 2 N–H and O–H groups in total. The number of hydrogen-bond acceptors (Lipinski definition) is 4. The molecule has 0 amide bonds. The van der Waals surface area contributed by atoms with Crippen LogP contribution < -0.4 is 5.32 Å². The predicted molar refractivity (Wildman–Crippen MR) is 58.3 cm³/mol. The molecule has 1 aromatic heterocycles. The van der Waals surface area contributed by atoms with Crippen LogP contribution in [0, 0.1) is 5.92 Å². The molecule has 1 saturated heterocycles. The number of H-pyrrole nitrogens is 1. The minimum Gasteiger partial charge on any atom is -0.316 e. The Morgan fingerprint density at radius 3 is 3.20 bits per heavy atom. The number of nitrogens with one attached hydrogen (secondary N) is 2. The molecule has 1 atom stereocenters. The van der Waals surface area contributed by atoms with E-state index < -0.39 is 0 Å². The topological polar surface area (TPSA) is 56.8 Å². The van der Waals surface area contributed by atoms with Gasteiger partial charge in [0.1, 0.15) is 12.2 Å². The molecule has 1 unspecified atom stereocenters. The van der Waals surface area contributed by atoms with E-state index in [-0.39, 0.29) is 0 Å². The molecule has 2 heterocycles. The molecule has 0 radical (unpaired) electrons. The van der Waals surface area contributed by atoms with Gasteiger partial charge in [-0.05, 0) is 38.9 Å². The van der Waals surface area contributed by atoms with Gasteiger partial charge in [0.15, 0.2) is 0 Å². The molecule has 2 rings (SSSR count). The quantitative estimate of drug-likeness (QED) is 0.745. The average molecular weight is 209 g/mol. The van der Waals surface area contributed by atoms with Crippen LogP contribution in [0.25, 0.3) is 0 Å². The summed E-state index contributed by atoms with van der Waals surface area (Å²) in [5.41, 5.74) is 0. The van der Waals surface area contributed by atoms with Crippen molar-refractivity contribution in [2.45, 2.75) is 19.4 Å². The minimum absolute atomic E-state index is 0.784. The normalized spacial score (nSPS) is 22.1. The van der Waals surface area contributed by atoms with Crippen molar-refractivity contribution >= 4 is 0 Å². The maximum Gasteiger partial charge on any atom is 0.138 e. The van der Waals surface area contributed by atoms with Gasteiger partial charge in [0.2, 0.25) is 0 Å². The summed E-state index contributed by atoms with van der Waals surface area (Å²) in [4.78, 5) is 6.43. The minimum atomic E-state index is 0.784. The fraction of sp³-hybridized carbons (Fsp3) is 0.800. The highest BCUT2D eigenvalue weighted by Gasteiger charge is 2.15. The molecule has 84 valence electrons. The highest BCUT2D eigenvalue weighted by Crippen LogP contribution is 2.11. The lowest BCUT2D eigenvalue weighted by Gasteiger charge is -2.27. The Hall–Kier alpha value is -0.940. The molecule has 0 aromatic carbocycles. The summed E-state index contributed by atoms with van der Waals surface area (Å²) in [5.74, 6) is 1.73. The number of aromatic nitrogens is 3. The van der Waals surface area contributed by atoms with E-state index in [2.05, 4.69) is 32.4 Å². The zero-order valence-electron chi connectivity index (χ0n) is 9.24. The summed E-state index contributed by atoms with van der Waals surface area (Å²) in [7, 11) is 2.14. The van der Waals surface area contributed by atoms with Crippen LogP contribution >= 0.6 is 0 Å². The van der Waals surface area contributed by atoms with E-state index in [4.69, 9.17) is 0 Å². The summed E-state index contributed by atoms with van der Waals surface area (Å²) < 4.78 is 0. The largest absolute Gasteiger partial charge is 0.316 e. The third-order valence-electron chi connectivity index (χ3n) is 2.85. The molecule has 0 saturated carbocycles. The third kappa shape index (κ3) is 3.28. The molecular formula is C10H19N5. The van der Waals surface area contributed by atoms with E-state index in [0.717, 1.165) is 31.4 Å². The molecule has 1 fully saturated rings. The van der Waals surface area contributed by atoms with E-state index in [1.807, 2.05) is 0 Å². The zero-order chi connectivity index (χ0) is 10.5. The van der Waals surface area contributed by atoms with E-state index in [1.54, 1.807) is 6.33 Å². The summed E-state index contributed by atoms with van der Waals surface area (Å²) in [6, 6.07) is 0. The maximum atomic E-state index is 4.13. The van der Waals surface area contributed by atoms with Crippen molar-refractivity contribution in [3.8, 4) is 0 Å². The van der Waals surface area contributed by atoms with Gasteiger partial charge < -0.3 is 5.32 Å². The van der Waals surface area contributed by atoms with Crippen LogP contribution in [-0.4, -0.2) is 46.8 Å². The summed E-state index contributed by atoms with van der Waals surface area (Å²) in [5, 5.41) is 10.2. The van der Waals surface area contributed by atoms with Crippen LogP contribution in [0.5, 0.6) is 0 Å². The molecule has 0 bridgehead atoms. The monoisotopic (exact) mass is 209 g/mol. The Bertz CT molecular complexity index is 265. The smallest absolute Gasteiger partial charge is 0.138 e. The van der Waals surface area contributed by atoms with Gasteiger partial charge >= 0.3 is 0 Å².